The number of H-pyrrole nitrogens is 1. The van der Waals surface area contributed by atoms with Crippen molar-refractivity contribution in [3.63, 3.8) is 0 Å². The van der Waals surface area contributed by atoms with Crippen LogP contribution in [0.25, 0.3) is 65.7 Å². The standard InChI is InChI=1S/C15H6Cl3NO.C15H7Cl2NO2.C11H10BrClO4.C11H11ClO4.C7H4ClNO.CCl4.CH4.BHNS.Cl3OP/c16-7-1-3-9-10(5-7)15(18)19-13-11-6-8(17)2-4-12(11)20-14(9)13;16-7-1-3-9-10(5-7)15(19)18-13-11-6-8(17)2-4-12(11)20-14(9)13;1-16-10(14)8-5-6(13)3-4-7(8)9(12)11(15)17-2;1-15-10(13)5-7-3-4-8(12)6-9(7)11(14)16-2;8-6-1-2-7(10)5(3-6)4-9;2-1(3,4)5;;1-2-3;1-5(2,3)4/h1-6H;1-6H,(H,18,19);3-5,9H,1-2H3;3-4,6H,5H2,1-2H3;1-3,10H;;1H4;3H;. The minimum absolute atomic E-state index is 0. The number of carbonyl (C=O) groups is 4. The second-order valence-electron chi connectivity index (χ2n) is 18.0. The predicted molar refractivity (Wildman–Crippen MR) is 404 cm³/mol. The van der Waals surface area contributed by atoms with Crippen LogP contribution >= 0.6 is 207 Å². The molecule has 97 heavy (non-hydrogen) atoms. The number of nitrogens with zero attached hydrogens (tertiary/aromatic N) is 3. The van der Waals surface area contributed by atoms with E-state index in [2.05, 4.69) is 103 Å². The number of aromatic hydroxyl groups is 1. The Balaban J connectivity index is 0.000000305. The van der Waals surface area contributed by atoms with Gasteiger partial charge in [0.2, 0.25) is 0 Å². The molecule has 0 aliphatic rings. The summed E-state index contributed by atoms with van der Waals surface area (Å²) < 4.78 is 40.7. The van der Waals surface area contributed by atoms with Gasteiger partial charge in [0.15, 0.2) is 11.2 Å². The molecule has 0 bridgehead atoms. The topological polar surface area (TPSA) is 251 Å². The molecule has 11 aromatic rings. The third-order valence-electron chi connectivity index (χ3n) is 11.9. The summed E-state index contributed by atoms with van der Waals surface area (Å²) in [7, 11) is 9.42. The van der Waals surface area contributed by atoms with Gasteiger partial charge in [-0.3, -0.25) is 18.9 Å². The third kappa shape index (κ3) is 26.9. The Labute approximate surface area is 641 Å². The van der Waals surface area contributed by atoms with Gasteiger partial charge in [0, 0.05) is 62.1 Å². The molecule has 511 valence electrons. The Morgan fingerprint density at radius 2 is 1.05 bits per heavy atom. The molecule has 4 heterocycles. The first kappa shape index (κ1) is 86.4. The summed E-state index contributed by atoms with van der Waals surface area (Å²) in [5.41, 5.74) is 5.60. The number of nitrogens with one attached hydrogen (secondary N) is 1. The molecule has 36 heteroatoms. The number of esters is 4. The zero-order chi connectivity index (χ0) is 72.1. The van der Waals surface area contributed by atoms with Gasteiger partial charge in [-0.15, -0.1) is 0 Å². The molecule has 2 N–H and O–H groups in total. The molecular weight excluding hydrogens is 1680 g/mol. The number of fused-ring (bicyclic) bond motifs is 10. The number of carbonyl (C=O) groups excluding carboxylic acids is 4. The number of ether oxygens (including phenoxy) is 4. The van der Waals surface area contributed by atoms with Gasteiger partial charge in [-0.05, 0) is 160 Å². The number of aromatic amines is 1. The molecule has 4 aromatic heterocycles. The molecule has 1 radical (unpaired) electrons. The number of furan rings is 2. The summed E-state index contributed by atoms with van der Waals surface area (Å²) in [6.45, 7) is 0. The molecule has 17 nitrogen and oxygen atoms in total. The molecule has 11 rings (SSSR count). The Morgan fingerprint density at radius 3 is 1.56 bits per heavy atom. The fraction of sp³-hybridized carbons (Fsp3) is 0.131. The fourth-order valence-corrected chi connectivity index (χ4v) is 9.99. The average molecular weight is 1730 g/mol. The molecular formula is C61H43BBrCl15N4O13PS. The quantitative estimate of drug-likeness (QED) is 0.0266. The van der Waals surface area contributed by atoms with Gasteiger partial charge >= 0.3 is 53.8 Å². The third-order valence-corrected chi connectivity index (χ3v) is 14.7. The number of alkyl halides is 5. The summed E-state index contributed by atoms with van der Waals surface area (Å²) in [5, 5.41) is 22.7. The summed E-state index contributed by atoms with van der Waals surface area (Å²) >= 11 is 86.8. The monoisotopic (exact) mass is 1720 g/mol. The number of pyridine rings is 2. The van der Waals surface area contributed by atoms with Crippen LogP contribution in [0.4, 0.5) is 0 Å². The molecule has 0 saturated carbocycles. The van der Waals surface area contributed by atoms with Crippen LogP contribution in [0.15, 0.2) is 145 Å². The van der Waals surface area contributed by atoms with Crippen molar-refractivity contribution in [1.29, 1.82) is 5.26 Å². The van der Waals surface area contributed by atoms with E-state index in [1.165, 1.54) is 58.8 Å². The van der Waals surface area contributed by atoms with Crippen LogP contribution in [-0.2, 0) is 39.5 Å². The fourth-order valence-electron chi connectivity index (χ4n) is 7.96. The number of hydrogen-bond acceptors (Lipinski definition) is 17. The molecule has 1 atom stereocenters. The van der Waals surface area contributed by atoms with Crippen molar-refractivity contribution in [2.75, 3.05) is 28.4 Å². The number of phenols is 1. The summed E-state index contributed by atoms with van der Waals surface area (Å²) in [5.74, 6) is -2.05. The summed E-state index contributed by atoms with van der Waals surface area (Å²) in [4.78, 5) is 64.2. The Morgan fingerprint density at radius 1 is 0.639 bits per heavy atom. The first-order valence-electron chi connectivity index (χ1n) is 25.5. The number of rotatable bonds is 6. The van der Waals surface area contributed by atoms with Gasteiger partial charge in [0.1, 0.15) is 38.5 Å². The zero-order valence-corrected chi connectivity index (χ0v) is 63.3. The van der Waals surface area contributed by atoms with Gasteiger partial charge < -0.3 is 37.9 Å². The van der Waals surface area contributed by atoms with Crippen LogP contribution in [0, 0.1) is 11.3 Å². The van der Waals surface area contributed by atoms with E-state index in [0.29, 0.717) is 84.6 Å². The van der Waals surface area contributed by atoms with Gasteiger partial charge in [-0.25, -0.2) is 14.6 Å². The minimum atomic E-state index is -3.22. The second-order valence-corrected chi connectivity index (χ2v) is 32.6. The summed E-state index contributed by atoms with van der Waals surface area (Å²) in [6.07, 6.45) is 0.0120. The van der Waals surface area contributed by atoms with Crippen molar-refractivity contribution in [2.24, 2.45) is 4.30 Å². The van der Waals surface area contributed by atoms with E-state index in [4.69, 9.17) is 158 Å². The van der Waals surface area contributed by atoms with Gasteiger partial charge in [-0.1, -0.05) is 175 Å². The molecule has 7 aromatic carbocycles. The molecule has 0 saturated heterocycles. The van der Waals surface area contributed by atoms with E-state index in [9.17, 15) is 28.5 Å². The number of thiol groups is 1. The Kier molecular flexibility index (Phi) is 36.2. The average Bonchev–Trinajstić information content (AvgIpc) is 1.64. The Bertz CT molecular complexity index is 4810. The number of nitriles is 1. The van der Waals surface area contributed by atoms with Gasteiger partial charge in [0.05, 0.1) is 62.5 Å². The Hall–Kier alpha value is -4.80. The van der Waals surface area contributed by atoms with Crippen LogP contribution in [0.5, 0.6) is 5.75 Å². The van der Waals surface area contributed by atoms with E-state index in [0.717, 1.165) is 32.5 Å². The number of halogens is 16. The van der Waals surface area contributed by atoms with Crippen LogP contribution in [0.2, 0.25) is 40.3 Å². The van der Waals surface area contributed by atoms with Crippen LogP contribution < -0.4 is 5.56 Å². The first-order chi connectivity index (χ1) is 45.0. The first-order valence-corrected chi connectivity index (χ1v) is 35.8. The molecule has 0 aliphatic carbocycles. The number of phenolic OH excluding ortho intramolecular Hbond substituents is 1. The van der Waals surface area contributed by atoms with E-state index in [1.54, 1.807) is 84.9 Å². The summed E-state index contributed by atoms with van der Waals surface area (Å²) in [6, 6.07) is 36.8. The molecule has 0 fully saturated rings. The van der Waals surface area contributed by atoms with Crippen molar-refractivity contribution in [3.8, 4) is 11.8 Å². The van der Waals surface area contributed by atoms with Crippen molar-refractivity contribution >= 4 is 304 Å². The van der Waals surface area contributed by atoms with Crippen LogP contribution in [0.1, 0.15) is 49.7 Å². The molecule has 0 spiro atoms. The number of hydrogen-bond donors (Lipinski definition) is 3. The van der Waals surface area contributed by atoms with E-state index in [1.807, 2.05) is 18.2 Å². The second kappa shape index (κ2) is 40.6. The number of benzene rings is 7. The molecule has 1 unspecified atom stereocenters. The van der Waals surface area contributed by atoms with Crippen LogP contribution in [-0.4, -0.2) is 78.3 Å². The zero-order valence-electron chi connectivity index (χ0n) is 48.6. The van der Waals surface area contributed by atoms with Gasteiger partial charge in [0.25, 0.3) is 8.81 Å². The van der Waals surface area contributed by atoms with Crippen LogP contribution in [0.3, 0.4) is 0 Å². The van der Waals surface area contributed by atoms with Crippen molar-refractivity contribution in [3.05, 3.63) is 206 Å². The maximum absolute atomic E-state index is 12.2. The number of aromatic nitrogens is 2. The maximum atomic E-state index is 12.2. The van der Waals surface area contributed by atoms with Crippen molar-refractivity contribution in [2.45, 2.75) is 21.9 Å². The van der Waals surface area contributed by atoms with Crippen molar-refractivity contribution < 1.29 is 56.6 Å². The number of methoxy groups -OCH3 is 4. The predicted octanol–water partition coefficient (Wildman–Crippen LogP) is 23.5. The van der Waals surface area contributed by atoms with Crippen molar-refractivity contribution in [1.82, 2.24) is 9.97 Å². The SMILES string of the molecule is C.COC(=O)Cc1ccc(Cl)cc1C(=O)OC.COC(=O)c1cc(Cl)ccc1C(Br)C(=O)OC.ClC(Cl)(Cl)Cl.Clc1ccc2c(c1)c(Cl)nc1c3cc(Cl)ccc3oc21.N#Cc1cc(Cl)ccc1O.O=P(Cl)(Cl)Cl.O=c1[nH]c2c3cc(Cl)ccc3oc2c2ccc(Cl)cc12.[B]=NS. The normalized spacial score (nSPS) is 10.8. The van der Waals surface area contributed by atoms with Gasteiger partial charge in [-0.2, -0.15) is 5.26 Å². The van der Waals surface area contributed by atoms with E-state index >= 15 is 0 Å². The molecule has 0 aliphatic heterocycles. The van der Waals surface area contributed by atoms with E-state index < -0.39 is 37.2 Å². The molecule has 0 amide bonds. The van der Waals surface area contributed by atoms with E-state index in [-0.39, 0.29) is 41.8 Å².